The Hall–Kier alpha value is -2.76. The number of aromatic nitrogens is 1. The molecule has 0 fully saturated rings. The van der Waals surface area contributed by atoms with E-state index in [4.69, 9.17) is 0 Å². The molecular formula is C17H22N4O2. The molecule has 0 saturated carbocycles. The molecule has 0 aliphatic rings. The van der Waals surface area contributed by atoms with Crippen molar-refractivity contribution in [1.29, 1.82) is 0 Å². The molecule has 1 aromatic heterocycles. The smallest absolute Gasteiger partial charge is 0.411 e. The molecule has 0 saturated heterocycles. The van der Waals surface area contributed by atoms with Gasteiger partial charge in [-0.2, -0.15) is 0 Å². The number of hydrogen-bond donors (Lipinski definition) is 2. The Bertz CT molecular complexity index is 622. The van der Waals surface area contributed by atoms with Gasteiger partial charge >= 0.3 is 6.09 Å². The van der Waals surface area contributed by atoms with E-state index >= 15 is 0 Å². The highest BCUT2D eigenvalue weighted by Crippen LogP contribution is 2.20. The van der Waals surface area contributed by atoms with E-state index in [9.17, 15) is 4.79 Å². The Kier molecular flexibility index (Phi) is 5.80. The third kappa shape index (κ3) is 4.60. The van der Waals surface area contributed by atoms with Crippen molar-refractivity contribution in [3.05, 3.63) is 42.6 Å². The van der Waals surface area contributed by atoms with Gasteiger partial charge in [0.05, 0.1) is 19.0 Å². The highest BCUT2D eigenvalue weighted by molar-refractivity contribution is 5.84. The Morgan fingerprint density at radius 2 is 1.74 bits per heavy atom. The Balaban J connectivity index is 2.00. The van der Waals surface area contributed by atoms with Crippen molar-refractivity contribution < 1.29 is 9.53 Å². The van der Waals surface area contributed by atoms with Gasteiger partial charge in [-0.3, -0.25) is 5.32 Å². The van der Waals surface area contributed by atoms with E-state index in [1.165, 1.54) is 12.8 Å². The molecule has 0 unspecified atom stereocenters. The van der Waals surface area contributed by atoms with Gasteiger partial charge in [-0.05, 0) is 50.2 Å². The number of hydrogen-bond acceptors (Lipinski definition) is 5. The monoisotopic (exact) mass is 314 g/mol. The normalized spacial score (nSPS) is 10.0. The summed E-state index contributed by atoms with van der Waals surface area (Å²) in [6.45, 7) is 6.26. The van der Waals surface area contributed by atoms with Crippen molar-refractivity contribution in [2.75, 3.05) is 35.7 Å². The molecule has 0 atom stereocenters. The molecule has 1 aromatic carbocycles. The Labute approximate surface area is 136 Å². The summed E-state index contributed by atoms with van der Waals surface area (Å²) < 4.78 is 4.53. The molecule has 6 nitrogen and oxygen atoms in total. The fourth-order valence-corrected chi connectivity index (χ4v) is 2.20. The number of benzene rings is 1. The summed E-state index contributed by atoms with van der Waals surface area (Å²) >= 11 is 0. The fraction of sp³-hybridized carbons (Fsp3) is 0.294. The Morgan fingerprint density at radius 1 is 1.09 bits per heavy atom. The van der Waals surface area contributed by atoms with Crippen LogP contribution in [0.5, 0.6) is 0 Å². The molecule has 2 rings (SSSR count). The van der Waals surface area contributed by atoms with Gasteiger partial charge in [0.15, 0.2) is 0 Å². The van der Waals surface area contributed by atoms with E-state index in [0.717, 1.165) is 18.8 Å². The fourth-order valence-electron chi connectivity index (χ4n) is 2.20. The van der Waals surface area contributed by atoms with Gasteiger partial charge < -0.3 is 15.0 Å². The third-order valence-electron chi connectivity index (χ3n) is 3.46. The Morgan fingerprint density at radius 3 is 2.26 bits per heavy atom. The molecule has 0 radical (unpaired) electrons. The second kappa shape index (κ2) is 8.03. The van der Waals surface area contributed by atoms with Crippen molar-refractivity contribution in [3.63, 3.8) is 0 Å². The second-order valence-electron chi connectivity index (χ2n) is 4.89. The van der Waals surface area contributed by atoms with E-state index in [2.05, 4.69) is 51.2 Å². The average molecular weight is 314 g/mol. The second-order valence-corrected chi connectivity index (χ2v) is 4.89. The number of anilines is 4. The summed E-state index contributed by atoms with van der Waals surface area (Å²) in [5.74, 6) is 0.705. The van der Waals surface area contributed by atoms with Crippen LogP contribution in [0.3, 0.4) is 0 Å². The van der Waals surface area contributed by atoms with Gasteiger partial charge in [-0.1, -0.05) is 0 Å². The molecule has 1 heterocycles. The largest absolute Gasteiger partial charge is 0.453 e. The maximum atomic E-state index is 11.1. The first-order valence-electron chi connectivity index (χ1n) is 7.59. The number of nitrogens with one attached hydrogen (secondary N) is 2. The SMILES string of the molecule is CCN(CC)c1ccc(Nc2ccc(NC(=O)OC)cn2)cc1. The van der Waals surface area contributed by atoms with Crippen molar-refractivity contribution in [1.82, 2.24) is 4.98 Å². The predicted octanol–water partition coefficient (Wildman–Crippen LogP) is 3.85. The topological polar surface area (TPSA) is 66.5 Å². The molecule has 0 aliphatic carbocycles. The molecule has 1 amide bonds. The summed E-state index contributed by atoms with van der Waals surface area (Å²) in [4.78, 5) is 17.7. The van der Waals surface area contributed by atoms with E-state index < -0.39 is 6.09 Å². The standard InChI is InChI=1S/C17H22N4O2/c1-4-21(5-2)15-9-6-13(7-10-15)19-16-11-8-14(12-18-16)20-17(22)23-3/h6-12H,4-5H2,1-3H3,(H,18,19)(H,20,22). The lowest BCUT2D eigenvalue weighted by atomic mass is 10.2. The van der Waals surface area contributed by atoms with Crippen molar-refractivity contribution >= 4 is 29.0 Å². The van der Waals surface area contributed by atoms with Gasteiger partial charge in [0, 0.05) is 24.5 Å². The zero-order chi connectivity index (χ0) is 16.7. The van der Waals surface area contributed by atoms with Gasteiger partial charge in [0.1, 0.15) is 5.82 Å². The van der Waals surface area contributed by atoms with Crippen molar-refractivity contribution in [2.45, 2.75) is 13.8 Å². The minimum atomic E-state index is -0.514. The van der Waals surface area contributed by atoms with Crippen LogP contribution in [0.25, 0.3) is 0 Å². The van der Waals surface area contributed by atoms with Crippen LogP contribution in [0.2, 0.25) is 0 Å². The maximum absolute atomic E-state index is 11.1. The molecular weight excluding hydrogens is 292 g/mol. The number of methoxy groups -OCH3 is 1. The molecule has 6 heteroatoms. The molecule has 122 valence electrons. The first-order chi connectivity index (χ1) is 11.2. The lowest BCUT2D eigenvalue weighted by Crippen LogP contribution is -2.21. The van der Waals surface area contributed by atoms with Gasteiger partial charge in [0.2, 0.25) is 0 Å². The first kappa shape index (κ1) is 16.6. The number of nitrogens with zero attached hydrogens (tertiary/aromatic N) is 2. The van der Waals surface area contributed by atoms with Gasteiger partial charge in [-0.25, -0.2) is 9.78 Å². The number of carbonyl (C=O) groups excluding carboxylic acids is 1. The van der Waals surface area contributed by atoms with Crippen LogP contribution in [-0.2, 0) is 4.74 Å². The summed E-state index contributed by atoms with van der Waals surface area (Å²) in [5.41, 5.74) is 2.74. The summed E-state index contributed by atoms with van der Waals surface area (Å²) in [6, 6.07) is 11.8. The molecule has 2 aromatic rings. The van der Waals surface area contributed by atoms with E-state index in [-0.39, 0.29) is 0 Å². The van der Waals surface area contributed by atoms with Crippen LogP contribution in [0.4, 0.5) is 27.7 Å². The molecule has 2 N–H and O–H groups in total. The van der Waals surface area contributed by atoms with E-state index in [0.29, 0.717) is 11.5 Å². The van der Waals surface area contributed by atoms with Gasteiger partial charge in [0.25, 0.3) is 0 Å². The van der Waals surface area contributed by atoms with Crippen molar-refractivity contribution in [3.8, 4) is 0 Å². The predicted molar refractivity (Wildman–Crippen MR) is 93.6 cm³/mol. The lowest BCUT2D eigenvalue weighted by molar-refractivity contribution is 0.187. The number of amides is 1. The summed E-state index contributed by atoms with van der Waals surface area (Å²) in [6.07, 6.45) is 1.06. The highest BCUT2D eigenvalue weighted by atomic mass is 16.5. The van der Waals surface area contributed by atoms with Crippen LogP contribution < -0.4 is 15.5 Å². The number of carbonyl (C=O) groups is 1. The van der Waals surface area contributed by atoms with Crippen LogP contribution in [0.1, 0.15) is 13.8 Å². The minimum Gasteiger partial charge on any atom is -0.453 e. The highest BCUT2D eigenvalue weighted by Gasteiger charge is 2.03. The molecule has 0 aliphatic heterocycles. The number of ether oxygens (including phenoxy) is 1. The van der Waals surface area contributed by atoms with E-state index in [1.807, 2.05) is 12.1 Å². The zero-order valence-electron chi connectivity index (χ0n) is 13.7. The lowest BCUT2D eigenvalue weighted by Gasteiger charge is -2.21. The van der Waals surface area contributed by atoms with Gasteiger partial charge in [-0.15, -0.1) is 0 Å². The zero-order valence-corrected chi connectivity index (χ0v) is 13.7. The molecule has 0 bridgehead atoms. The van der Waals surface area contributed by atoms with Crippen LogP contribution >= 0.6 is 0 Å². The summed E-state index contributed by atoms with van der Waals surface area (Å²) in [7, 11) is 1.32. The van der Waals surface area contributed by atoms with Crippen molar-refractivity contribution in [2.24, 2.45) is 0 Å². The quantitative estimate of drug-likeness (QED) is 0.848. The number of rotatable bonds is 6. The maximum Gasteiger partial charge on any atom is 0.411 e. The third-order valence-corrected chi connectivity index (χ3v) is 3.46. The molecule has 23 heavy (non-hydrogen) atoms. The number of pyridine rings is 1. The minimum absolute atomic E-state index is 0.514. The summed E-state index contributed by atoms with van der Waals surface area (Å²) in [5, 5.41) is 5.79. The van der Waals surface area contributed by atoms with Crippen LogP contribution in [-0.4, -0.2) is 31.3 Å². The van der Waals surface area contributed by atoms with Crippen LogP contribution in [0, 0.1) is 0 Å². The first-order valence-corrected chi connectivity index (χ1v) is 7.59. The average Bonchev–Trinajstić information content (AvgIpc) is 2.59. The van der Waals surface area contributed by atoms with Crippen LogP contribution in [0.15, 0.2) is 42.6 Å². The molecule has 0 spiro atoms. The van der Waals surface area contributed by atoms with E-state index in [1.54, 1.807) is 18.3 Å².